The van der Waals surface area contributed by atoms with Crippen LogP contribution in [0.1, 0.15) is 43.9 Å². The van der Waals surface area contributed by atoms with Gasteiger partial charge in [0.05, 0.1) is 11.6 Å². The van der Waals surface area contributed by atoms with Gasteiger partial charge in [0.25, 0.3) is 0 Å². The SMILES string of the molecule is CC(C)C1CC(O)(C2NCc3ccccc32)C1. The van der Waals surface area contributed by atoms with Crippen molar-refractivity contribution in [1.29, 1.82) is 0 Å². The van der Waals surface area contributed by atoms with Crippen LogP contribution in [-0.2, 0) is 6.54 Å². The molecule has 2 aliphatic rings. The van der Waals surface area contributed by atoms with E-state index in [-0.39, 0.29) is 6.04 Å². The lowest BCUT2D eigenvalue weighted by molar-refractivity contribution is -0.112. The summed E-state index contributed by atoms with van der Waals surface area (Å²) in [5, 5.41) is 14.2. The molecular formula is C15H21NO. The van der Waals surface area contributed by atoms with Crippen LogP contribution in [0.15, 0.2) is 24.3 Å². The van der Waals surface area contributed by atoms with Gasteiger partial charge in [0.15, 0.2) is 0 Å². The number of aliphatic hydroxyl groups is 1. The first kappa shape index (κ1) is 11.2. The molecule has 1 saturated carbocycles. The van der Waals surface area contributed by atoms with Crippen molar-refractivity contribution in [2.75, 3.05) is 0 Å². The zero-order valence-electron chi connectivity index (χ0n) is 10.6. The third kappa shape index (κ3) is 1.71. The molecule has 3 rings (SSSR count). The molecular weight excluding hydrogens is 210 g/mol. The second-order valence-corrected chi connectivity index (χ2v) is 6.03. The number of hydrogen-bond acceptors (Lipinski definition) is 2. The van der Waals surface area contributed by atoms with Gasteiger partial charge in [-0.05, 0) is 35.8 Å². The summed E-state index contributed by atoms with van der Waals surface area (Å²) in [5.74, 6) is 1.38. The maximum atomic E-state index is 10.7. The molecule has 0 saturated heterocycles. The molecule has 1 unspecified atom stereocenters. The predicted octanol–water partition coefficient (Wildman–Crippen LogP) is 2.63. The average molecular weight is 231 g/mol. The zero-order chi connectivity index (χ0) is 12.0. The Morgan fingerprint density at radius 3 is 2.71 bits per heavy atom. The minimum absolute atomic E-state index is 0.147. The molecule has 2 nitrogen and oxygen atoms in total. The number of rotatable bonds is 2. The van der Waals surface area contributed by atoms with Gasteiger partial charge < -0.3 is 10.4 Å². The standard InChI is InChI=1S/C15H21NO/c1-10(2)12-7-15(17,8-12)14-13-6-4-3-5-11(13)9-16-14/h3-6,10,12,14,16-17H,7-9H2,1-2H3. The third-order valence-corrected chi connectivity index (χ3v) is 4.57. The van der Waals surface area contributed by atoms with E-state index in [1.54, 1.807) is 0 Å². The third-order valence-electron chi connectivity index (χ3n) is 4.57. The Morgan fingerprint density at radius 1 is 1.29 bits per heavy atom. The summed E-state index contributed by atoms with van der Waals surface area (Å²) in [6.07, 6.45) is 1.88. The van der Waals surface area contributed by atoms with Crippen LogP contribution >= 0.6 is 0 Å². The average Bonchev–Trinajstić information content (AvgIpc) is 2.68. The van der Waals surface area contributed by atoms with Gasteiger partial charge in [-0.1, -0.05) is 38.1 Å². The highest BCUT2D eigenvalue weighted by atomic mass is 16.3. The highest BCUT2D eigenvalue weighted by molar-refractivity contribution is 5.36. The molecule has 1 aromatic rings. The van der Waals surface area contributed by atoms with E-state index >= 15 is 0 Å². The lowest BCUT2D eigenvalue weighted by Gasteiger charge is -2.49. The van der Waals surface area contributed by atoms with E-state index in [0.717, 1.165) is 19.4 Å². The van der Waals surface area contributed by atoms with Crippen molar-refractivity contribution in [3.63, 3.8) is 0 Å². The van der Waals surface area contributed by atoms with Crippen LogP contribution in [0, 0.1) is 11.8 Å². The highest BCUT2D eigenvalue weighted by Gasteiger charge is 2.51. The summed E-state index contributed by atoms with van der Waals surface area (Å²) < 4.78 is 0. The van der Waals surface area contributed by atoms with E-state index in [2.05, 4.69) is 43.4 Å². The van der Waals surface area contributed by atoms with E-state index in [0.29, 0.717) is 11.8 Å². The van der Waals surface area contributed by atoms with Gasteiger partial charge in [0, 0.05) is 6.54 Å². The zero-order valence-corrected chi connectivity index (χ0v) is 10.6. The van der Waals surface area contributed by atoms with Crippen LogP contribution in [0.2, 0.25) is 0 Å². The van der Waals surface area contributed by atoms with E-state index in [1.807, 2.05) is 0 Å². The molecule has 1 heterocycles. The molecule has 0 amide bonds. The first-order chi connectivity index (χ1) is 8.10. The minimum atomic E-state index is -0.512. The Morgan fingerprint density at radius 2 is 2.00 bits per heavy atom. The lowest BCUT2D eigenvalue weighted by atomic mass is 9.62. The molecule has 0 radical (unpaired) electrons. The molecule has 0 bridgehead atoms. The normalized spacial score (nSPS) is 35.8. The van der Waals surface area contributed by atoms with Crippen molar-refractivity contribution >= 4 is 0 Å². The fourth-order valence-electron chi connectivity index (χ4n) is 3.33. The Kier molecular flexibility index (Phi) is 2.53. The maximum Gasteiger partial charge on any atom is 0.0847 e. The molecule has 17 heavy (non-hydrogen) atoms. The van der Waals surface area contributed by atoms with Crippen molar-refractivity contribution in [1.82, 2.24) is 5.32 Å². The second-order valence-electron chi connectivity index (χ2n) is 6.03. The van der Waals surface area contributed by atoms with Gasteiger partial charge in [0.1, 0.15) is 0 Å². The number of fused-ring (bicyclic) bond motifs is 1. The lowest BCUT2D eigenvalue weighted by Crippen LogP contribution is -2.52. The van der Waals surface area contributed by atoms with Gasteiger partial charge >= 0.3 is 0 Å². The summed E-state index contributed by atoms with van der Waals surface area (Å²) in [4.78, 5) is 0. The highest BCUT2D eigenvalue weighted by Crippen LogP contribution is 2.50. The minimum Gasteiger partial charge on any atom is -0.388 e. The van der Waals surface area contributed by atoms with Crippen molar-refractivity contribution < 1.29 is 5.11 Å². The fraction of sp³-hybridized carbons (Fsp3) is 0.600. The van der Waals surface area contributed by atoms with E-state index in [9.17, 15) is 5.11 Å². The molecule has 0 spiro atoms. The van der Waals surface area contributed by atoms with Crippen LogP contribution in [0.3, 0.4) is 0 Å². The van der Waals surface area contributed by atoms with Crippen molar-refractivity contribution in [2.24, 2.45) is 11.8 Å². The first-order valence-electron chi connectivity index (χ1n) is 6.64. The molecule has 1 aliphatic carbocycles. The summed E-state index contributed by atoms with van der Waals surface area (Å²) >= 11 is 0. The fourth-order valence-corrected chi connectivity index (χ4v) is 3.33. The van der Waals surface area contributed by atoms with Crippen LogP contribution in [0.4, 0.5) is 0 Å². The Balaban J connectivity index is 1.80. The topological polar surface area (TPSA) is 32.3 Å². The maximum absolute atomic E-state index is 10.7. The van der Waals surface area contributed by atoms with Gasteiger partial charge in [-0.3, -0.25) is 0 Å². The molecule has 1 atom stereocenters. The molecule has 2 heteroatoms. The van der Waals surface area contributed by atoms with Crippen molar-refractivity contribution in [3.05, 3.63) is 35.4 Å². The number of hydrogen-bond donors (Lipinski definition) is 2. The van der Waals surface area contributed by atoms with Crippen LogP contribution in [0.25, 0.3) is 0 Å². The summed E-state index contributed by atoms with van der Waals surface area (Å²) in [5.41, 5.74) is 2.14. The second kappa shape index (κ2) is 3.82. The Labute approximate surface area is 103 Å². The van der Waals surface area contributed by atoms with Crippen LogP contribution in [-0.4, -0.2) is 10.7 Å². The Bertz CT molecular complexity index is 421. The summed E-state index contributed by atoms with van der Waals surface area (Å²) in [6, 6.07) is 8.60. The monoisotopic (exact) mass is 231 g/mol. The van der Waals surface area contributed by atoms with E-state index < -0.39 is 5.60 Å². The molecule has 1 aromatic carbocycles. The molecule has 1 aliphatic heterocycles. The van der Waals surface area contributed by atoms with Gasteiger partial charge in [0.2, 0.25) is 0 Å². The predicted molar refractivity (Wildman–Crippen MR) is 68.5 cm³/mol. The Hall–Kier alpha value is -0.860. The molecule has 2 N–H and O–H groups in total. The van der Waals surface area contributed by atoms with Gasteiger partial charge in [-0.2, -0.15) is 0 Å². The van der Waals surface area contributed by atoms with Crippen molar-refractivity contribution in [3.8, 4) is 0 Å². The molecule has 1 fully saturated rings. The van der Waals surface area contributed by atoms with Crippen LogP contribution < -0.4 is 5.32 Å². The molecule has 92 valence electrons. The van der Waals surface area contributed by atoms with Gasteiger partial charge in [-0.25, -0.2) is 0 Å². The van der Waals surface area contributed by atoms with Crippen LogP contribution in [0.5, 0.6) is 0 Å². The van der Waals surface area contributed by atoms with E-state index in [4.69, 9.17) is 0 Å². The summed E-state index contributed by atoms with van der Waals surface area (Å²) in [7, 11) is 0. The van der Waals surface area contributed by atoms with Gasteiger partial charge in [-0.15, -0.1) is 0 Å². The first-order valence-corrected chi connectivity index (χ1v) is 6.64. The summed E-state index contributed by atoms with van der Waals surface area (Å²) in [6.45, 7) is 5.40. The smallest absolute Gasteiger partial charge is 0.0847 e. The molecule has 0 aromatic heterocycles. The number of nitrogens with one attached hydrogen (secondary N) is 1. The quantitative estimate of drug-likeness (QED) is 0.820. The van der Waals surface area contributed by atoms with E-state index in [1.165, 1.54) is 11.1 Å². The largest absolute Gasteiger partial charge is 0.388 e. The van der Waals surface area contributed by atoms with Crippen molar-refractivity contribution in [2.45, 2.75) is 44.9 Å². The number of benzene rings is 1.